The van der Waals surface area contributed by atoms with Gasteiger partial charge in [-0.25, -0.2) is 4.98 Å². The number of aldehydes is 1. The molecule has 2 aromatic rings. The summed E-state index contributed by atoms with van der Waals surface area (Å²) in [6, 6.07) is 4.62. The number of carbonyl (C=O) groups excluding carboxylic acids is 1. The van der Waals surface area contributed by atoms with Gasteiger partial charge in [0.2, 0.25) is 0 Å². The van der Waals surface area contributed by atoms with Gasteiger partial charge in [-0.1, -0.05) is 30.7 Å². The summed E-state index contributed by atoms with van der Waals surface area (Å²) in [5.74, 6) is 0. The number of anilines is 1. The summed E-state index contributed by atoms with van der Waals surface area (Å²) in [4.78, 5) is 20.1. The lowest BCUT2D eigenvalue weighted by Crippen LogP contribution is -2.30. The number of aromatic nitrogens is 1. The molecule has 0 aromatic carbocycles. The van der Waals surface area contributed by atoms with E-state index in [2.05, 4.69) is 48.3 Å². The number of thiophene rings is 1. The Labute approximate surface area is 128 Å². The fraction of sp³-hybridized carbons (Fsp3) is 0.467. The van der Waals surface area contributed by atoms with Gasteiger partial charge in [-0.3, -0.25) is 4.79 Å². The summed E-state index contributed by atoms with van der Waals surface area (Å²) >= 11 is 3.28. The molecule has 0 bridgehead atoms. The first-order valence-corrected chi connectivity index (χ1v) is 8.55. The second kappa shape index (κ2) is 6.99. The molecule has 0 radical (unpaired) electrons. The number of hydrogen-bond acceptors (Lipinski definition) is 5. The highest BCUT2D eigenvalue weighted by Crippen LogP contribution is 2.27. The Hall–Kier alpha value is -1.20. The van der Waals surface area contributed by atoms with Crippen molar-refractivity contribution in [1.82, 2.24) is 4.98 Å². The van der Waals surface area contributed by atoms with E-state index < -0.39 is 0 Å². The van der Waals surface area contributed by atoms with Crippen LogP contribution in [0.2, 0.25) is 0 Å². The van der Waals surface area contributed by atoms with Crippen LogP contribution >= 0.6 is 22.7 Å². The smallest absolute Gasteiger partial charge is 0.186 e. The number of aryl methyl sites for hydroxylation is 1. The maximum Gasteiger partial charge on any atom is 0.186 e. The van der Waals surface area contributed by atoms with E-state index in [0.29, 0.717) is 6.04 Å². The standard InChI is InChI=1S/C15H20N2OS2/c1-4-6-13-14(10-18)20-15(16-13)17(3)11(2)9-12-7-5-8-19-12/h5,7-8,10-11H,4,6,9H2,1-3H3. The maximum absolute atomic E-state index is 11.1. The molecule has 2 aromatic heterocycles. The average Bonchev–Trinajstić information content (AvgIpc) is 3.07. The van der Waals surface area contributed by atoms with Crippen molar-refractivity contribution >= 4 is 34.1 Å². The maximum atomic E-state index is 11.1. The molecule has 0 saturated carbocycles. The van der Waals surface area contributed by atoms with E-state index in [4.69, 9.17) is 0 Å². The second-order valence-electron chi connectivity index (χ2n) is 4.92. The molecule has 0 saturated heterocycles. The number of rotatable bonds is 7. The Morgan fingerprint density at radius 3 is 2.90 bits per heavy atom. The van der Waals surface area contributed by atoms with Crippen molar-refractivity contribution < 1.29 is 4.79 Å². The molecule has 2 heterocycles. The van der Waals surface area contributed by atoms with E-state index in [0.717, 1.165) is 41.3 Å². The van der Waals surface area contributed by atoms with Gasteiger partial charge in [-0.2, -0.15) is 0 Å². The van der Waals surface area contributed by atoms with Crippen LogP contribution in [0.4, 0.5) is 5.13 Å². The van der Waals surface area contributed by atoms with Crippen LogP contribution in [0, 0.1) is 0 Å². The molecular weight excluding hydrogens is 288 g/mol. The van der Waals surface area contributed by atoms with Crippen molar-refractivity contribution in [3.63, 3.8) is 0 Å². The van der Waals surface area contributed by atoms with Crippen LogP contribution in [0.25, 0.3) is 0 Å². The zero-order valence-corrected chi connectivity index (χ0v) is 13.8. The van der Waals surface area contributed by atoms with Crippen molar-refractivity contribution in [2.24, 2.45) is 0 Å². The molecule has 1 atom stereocenters. The van der Waals surface area contributed by atoms with Crippen LogP contribution in [0.15, 0.2) is 17.5 Å². The first-order chi connectivity index (χ1) is 9.65. The molecule has 0 aliphatic rings. The van der Waals surface area contributed by atoms with Gasteiger partial charge in [0.15, 0.2) is 11.4 Å². The van der Waals surface area contributed by atoms with E-state index in [1.54, 1.807) is 11.3 Å². The Balaban J connectivity index is 2.11. The van der Waals surface area contributed by atoms with Gasteiger partial charge in [0.1, 0.15) is 0 Å². The van der Waals surface area contributed by atoms with E-state index in [1.165, 1.54) is 16.2 Å². The van der Waals surface area contributed by atoms with Crippen molar-refractivity contribution in [1.29, 1.82) is 0 Å². The van der Waals surface area contributed by atoms with Crippen LogP contribution in [-0.2, 0) is 12.8 Å². The van der Waals surface area contributed by atoms with E-state index in [-0.39, 0.29) is 0 Å². The van der Waals surface area contributed by atoms with Gasteiger partial charge in [0, 0.05) is 24.4 Å². The molecule has 108 valence electrons. The molecule has 0 aliphatic carbocycles. The summed E-state index contributed by atoms with van der Waals surface area (Å²) in [5, 5.41) is 3.05. The molecule has 2 rings (SSSR count). The molecule has 20 heavy (non-hydrogen) atoms. The Bertz CT molecular complexity index is 548. The number of carbonyl (C=O) groups is 1. The minimum Gasteiger partial charge on any atom is -0.348 e. The lowest BCUT2D eigenvalue weighted by atomic mass is 10.2. The van der Waals surface area contributed by atoms with Crippen LogP contribution in [0.5, 0.6) is 0 Å². The van der Waals surface area contributed by atoms with E-state index >= 15 is 0 Å². The summed E-state index contributed by atoms with van der Waals surface area (Å²) in [5.41, 5.74) is 0.942. The highest BCUT2D eigenvalue weighted by atomic mass is 32.1. The normalized spacial score (nSPS) is 12.3. The first-order valence-electron chi connectivity index (χ1n) is 6.85. The fourth-order valence-corrected chi connectivity index (χ4v) is 3.87. The third kappa shape index (κ3) is 3.46. The van der Waals surface area contributed by atoms with Gasteiger partial charge in [0.25, 0.3) is 0 Å². The largest absolute Gasteiger partial charge is 0.348 e. The van der Waals surface area contributed by atoms with Gasteiger partial charge in [-0.05, 0) is 24.8 Å². The highest BCUT2D eigenvalue weighted by Gasteiger charge is 2.17. The van der Waals surface area contributed by atoms with Crippen molar-refractivity contribution in [3.05, 3.63) is 33.0 Å². The van der Waals surface area contributed by atoms with Crippen LogP contribution < -0.4 is 4.90 Å². The van der Waals surface area contributed by atoms with E-state index in [9.17, 15) is 4.79 Å². The predicted molar refractivity (Wildman–Crippen MR) is 87.4 cm³/mol. The zero-order chi connectivity index (χ0) is 14.5. The molecule has 0 N–H and O–H groups in total. The zero-order valence-electron chi connectivity index (χ0n) is 12.1. The Morgan fingerprint density at radius 1 is 1.50 bits per heavy atom. The number of hydrogen-bond donors (Lipinski definition) is 0. The monoisotopic (exact) mass is 308 g/mol. The lowest BCUT2D eigenvalue weighted by molar-refractivity contribution is 0.112. The summed E-state index contributed by atoms with van der Waals surface area (Å²) < 4.78 is 0. The second-order valence-corrected chi connectivity index (χ2v) is 6.96. The molecule has 5 heteroatoms. The van der Waals surface area contributed by atoms with Gasteiger partial charge >= 0.3 is 0 Å². The van der Waals surface area contributed by atoms with Crippen LogP contribution in [-0.4, -0.2) is 24.4 Å². The van der Waals surface area contributed by atoms with E-state index in [1.807, 2.05) is 0 Å². The number of likely N-dealkylation sites (N-methyl/N-ethyl adjacent to an activating group) is 1. The summed E-state index contributed by atoms with van der Waals surface area (Å²) in [6.45, 7) is 4.30. The van der Waals surface area contributed by atoms with Crippen molar-refractivity contribution in [2.45, 2.75) is 39.2 Å². The topological polar surface area (TPSA) is 33.2 Å². The SMILES string of the molecule is CCCc1nc(N(C)C(C)Cc2cccs2)sc1C=O. The quantitative estimate of drug-likeness (QED) is 0.724. The average molecular weight is 308 g/mol. The number of thiazole rings is 1. The minimum absolute atomic E-state index is 0.369. The molecule has 0 aliphatic heterocycles. The predicted octanol–water partition coefficient (Wildman–Crippen LogP) is 4.04. The van der Waals surface area contributed by atoms with Crippen LogP contribution in [0.1, 0.15) is 40.5 Å². The summed E-state index contributed by atoms with van der Waals surface area (Å²) in [7, 11) is 2.06. The molecule has 0 fully saturated rings. The fourth-order valence-electron chi connectivity index (χ4n) is 2.05. The van der Waals surface area contributed by atoms with Crippen molar-refractivity contribution in [3.8, 4) is 0 Å². The Morgan fingerprint density at radius 2 is 2.30 bits per heavy atom. The van der Waals surface area contributed by atoms with Gasteiger partial charge in [0.05, 0.1) is 10.6 Å². The summed E-state index contributed by atoms with van der Waals surface area (Å²) in [6.07, 6.45) is 3.83. The Kier molecular flexibility index (Phi) is 5.31. The van der Waals surface area contributed by atoms with Gasteiger partial charge < -0.3 is 4.90 Å². The molecule has 0 spiro atoms. The molecule has 0 amide bonds. The highest BCUT2D eigenvalue weighted by molar-refractivity contribution is 7.17. The molecule has 3 nitrogen and oxygen atoms in total. The van der Waals surface area contributed by atoms with Gasteiger partial charge in [-0.15, -0.1) is 11.3 Å². The molecular formula is C15H20N2OS2. The third-order valence-electron chi connectivity index (χ3n) is 3.35. The lowest BCUT2D eigenvalue weighted by Gasteiger charge is -2.23. The van der Waals surface area contributed by atoms with Crippen molar-refractivity contribution in [2.75, 3.05) is 11.9 Å². The third-order valence-corrected chi connectivity index (χ3v) is 5.36. The van der Waals surface area contributed by atoms with Crippen LogP contribution in [0.3, 0.4) is 0 Å². The molecule has 1 unspecified atom stereocenters. The minimum atomic E-state index is 0.369. The first kappa shape index (κ1) is 15.2. The number of nitrogens with zero attached hydrogens (tertiary/aromatic N) is 2.